The lowest BCUT2D eigenvalue weighted by Gasteiger charge is -2.00. The Morgan fingerprint density at radius 3 is 2.83 bits per heavy atom. The van der Waals surface area contributed by atoms with Gasteiger partial charge in [0.05, 0.1) is 0 Å². The zero-order valence-electron chi connectivity index (χ0n) is 6.10. The number of hydrogen-bond acceptors (Lipinski definition) is 3. The van der Waals surface area contributed by atoms with Crippen LogP contribution in [-0.4, -0.2) is 33.2 Å². The number of amides is 1. The maximum absolute atomic E-state index is 11.0. The molecule has 0 saturated heterocycles. The first-order valence-electron chi connectivity index (χ1n) is 3.18. The molecule has 2 N–H and O–H groups in total. The predicted molar refractivity (Wildman–Crippen MR) is 38.7 cm³/mol. The van der Waals surface area contributed by atoms with E-state index in [4.69, 9.17) is 5.11 Å². The van der Waals surface area contributed by atoms with Gasteiger partial charge in [-0.25, -0.2) is 9.78 Å². The van der Waals surface area contributed by atoms with Crippen LogP contribution in [0.4, 0.5) is 4.79 Å². The fourth-order valence-electron chi connectivity index (χ4n) is 0.622. The molecular formula is C6H7N3O3. The number of rotatable bonds is 2. The maximum Gasteiger partial charge on any atom is 0.327 e. The van der Waals surface area contributed by atoms with Crippen LogP contribution in [-0.2, 0) is 4.79 Å². The Labute approximate surface area is 67.8 Å². The molecule has 1 amide bonds. The van der Waals surface area contributed by atoms with Crippen molar-refractivity contribution < 1.29 is 14.7 Å². The van der Waals surface area contributed by atoms with E-state index in [1.165, 1.54) is 18.7 Å². The fraction of sp³-hybridized carbons (Fsp3) is 0.167. The van der Waals surface area contributed by atoms with Crippen LogP contribution in [0, 0.1) is 0 Å². The molecule has 0 fully saturated rings. The number of aromatic nitrogens is 2. The van der Waals surface area contributed by atoms with Crippen LogP contribution in [0.1, 0.15) is 0 Å². The first-order valence-corrected chi connectivity index (χ1v) is 3.18. The highest BCUT2D eigenvalue weighted by Gasteiger charge is 2.03. The van der Waals surface area contributed by atoms with Gasteiger partial charge in [0, 0.05) is 12.4 Å². The van der Waals surface area contributed by atoms with Crippen molar-refractivity contribution in [2.45, 2.75) is 0 Å². The number of carbonyl (C=O) groups excluding carboxylic acids is 1. The lowest BCUT2D eigenvalue weighted by atomic mass is 10.6. The van der Waals surface area contributed by atoms with E-state index >= 15 is 0 Å². The van der Waals surface area contributed by atoms with E-state index in [9.17, 15) is 9.59 Å². The summed E-state index contributed by atoms with van der Waals surface area (Å²) in [5, 5.41) is 10.4. The van der Waals surface area contributed by atoms with Gasteiger partial charge in [0.2, 0.25) is 0 Å². The molecule has 12 heavy (non-hydrogen) atoms. The first-order chi connectivity index (χ1) is 5.70. The van der Waals surface area contributed by atoms with Crippen LogP contribution >= 0.6 is 0 Å². The molecule has 1 aromatic rings. The first kappa shape index (κ1) is 8.25. The number of aliphatic carboxylic acids is 1. The van der Waals surface area contributed by atoms with E-state index in [0.717, 1.165) is 4.57 Å². The van der Waals surface area contributed by atoms with E-state index in [0.29, 0.717) is 0 Å². The highest BCUT2D eigenvalue weighted by atomic mass is 16.4. The number of imidazole rings is 1. The van der Waals surface area contributed by atoms with E-state index in [1.54, 1.807) is 0 Å². The molecule has 6 nitrogen and oxygen atoms in total. The SMILES string of the molecule is O=C(O)CNC(=O)n1ccnc1. The topological polar surface area (TPSA) is 84.2 Å². The second-order valence-electron chi connectivity index (χ2n) is 2.02. The third kappa shape index (κ3) is 2.08. The van der Waals surface area contributed by atoms with Crippen molar-refractivity contribution in [3.8, 4) is 0 Å². The van der Waals surface area contributed by atoms with Gasteiger partial charge in [-0.05, 0) is 0 Å². The zero-order valence-corrected chi connectivity index (χ0v) is 6.10. The summed E-state index contributed by atoms with van der Waals surface area (Å²) in [5.41, 5.74) is 0. The van der Waals surface area contributed by atoms with Crippen molar-refractivity contribution in [3.63, 3.8) is 0 Å². The largest absolute Gasteiger partial charge is 0.480 e. The summed E-state index contributed by atoms with van der Waals surface area (Å²) in [6, 6.07) is -0.505. The second-order valence-corrected chi connectivity index (χ2v) is 2.02. The number of hydrogen-bond donors (Lipinski definition) is 2. The minimum absolute atomic E-state index is 0.392. The summed E-state index contributed by atoms with van der Waals surface area (Å²) < 4.78 is 1.16. The second kappa shape index (κ2) is 3.51. The Balaban J connectivity index is 2.45. The van der Waals surface area contributed by atoms with Crippen LogP contribution in [0.2, 0.25) is 0 Å². The van der Waals surface area contributed by atoms with Gasteiger partial charge in [-0.2, -0.15) is 0 Å². The van der Waals surface area contributed by atoms with Crippen molar-refractivity contribution in [1.82, 2.24) is 14.9 Å². The molecule has 0 unspecified atom stereocenters. The van der Waals surface area contributed by atoms with Gasteiger partial charge in [-0.1, -0.05) is 0 Å². The van der Waals surface area contributed by atoms with Crippen LogP contribution in [0.15, 0.2) is 18.7 Å². The molecule has 64 valence electrons. The van der Waals surface area contributed by atoms with Crippen LogP contribution in [0.25, 0.3) is 0 Å². The smallest absolute Gasteiger partial charge is 0.327 e. The van der Waals surface area contributed by atoms with E-state index < -0.39 is 18.5 Å². The normalized spacial score (nSPS) is 9.33. The third-order valence-electron chi connectivity index (χ3n) is 1.13. The number of carboxylic acid groups (broad SMARTS) is 1. The molecule has 1 heterocycles. The Morgan fingerprint density at radius 2 is 2.33 bits per heavy atom. The molecule has 0 aliphatic rings. The highest BCUT2D eigenvalue weighted by molar-refractivity contribution is 5.81. The lowest BCUT2D eigenvalue weighted by Crippen LogP contribution is -2.32. The number of carboxylic acids is 1. The Bertz CT molecular complexity index is 280. The molecular weight excluding hydrogens is 162 g/mol. The van der Waals surface area contributed by atoms with Crippen molar-refractivity contribution in [2.75, 3.05) is 6.54 Å². The summed E-state index contributed by atoms with van der Waals surface area (Å²) in [7, 11) is 0. The van der Waals surface area contributed by atoms with Crippen LogP contribution in [0.3, 0.4) is 0 Å². The van der Waals surface area contributed by atoms with E-state index in [1.807, 2.05) is 0 Å². The van der Waals surface area contributed by atoms with Gasteiger partial charge >= 0.3 is 12.0 Å². The molecule has 0 saturated carbocycles. The summed E-state index contributed by atoms with van der Waals surface area (Å²) in [6.07, 6.45) is 4.15. The minimum Gasteiger partial charge on any atom is -0.480 e. The molecule has 0 aromatic carbocycles. The maximum atomic E-state index is 11.0. The number of nitrogens with one attached hydrogen (secondary N) is 1. The van der Waals surface area contributed by atoms with Gasteiger partial charge in [0.1, 0.15) is 12.9 Å². The molecule has 1 rings (SSSR count). The molecule has 0 bridgehead atoms. The van der Waals surface area contributed by atoms with Gasteiger partial charge < -0.3 is 10.4 Å². The van der Waals surface area contributed by atoms with Crippen LogP contribution < -0.4 is 5.32 Å². The molecule has 0 radical (unpaired) electrons. The standard InChI is InChI=1S/C6H7N3O3/c10-5(11)3-8-6(12)9-2-1-7-4-9/h1-2,4H,3H2,(H,8,12)(H,10,11). The summed E-state index contributed by atoms with van der Waals surface area (Å²) in [4.78, 5) is 24.6. The van der Waals surface area contributed by atoms with Gasteiger partial charge in [0.25, 0.3) is 0 Å². The average molecular weight is 169 g/mol. The van der Waals surface area contributed by atoms with Crippen molar-refractivity contribution in [3.05, 3.63) is 18.7 Å². The van der Waals surface area contributed by atoms with E-state index in [-0.39, 0.29) is 0 Å². The fourth-order valence-corrected chi connectivity index (χ4v) is 0.622. The summed E-state index contributed by atoms with van der Waals surface area (Å²) in [5.74, 6) is -1.08. The molecule has 0 aliphatic heterocycles. The summed E-state index contributed by atoms with van der Waals surface area (Å²) in [6.45, 7) is -0.392. The molecule has 1 aromatic heterocycles. The summed E-state index contributed by atoms with van der Waals surface area (Å²) >= 11 is 0. The quantitative estimate of drug-likeness (QED) is 0.626. The van der Waals surface area contributed by atoms with Crippen LogP contribution in [0.5, 0.6) is 0 Å². The molecule has 6 heteroatoms. The Hall–Kier alpha value is -1.85. The zero-order chi connectivity index (χ0) is 8.97. The van der Waals surface area contributed by atoms with Gasteiger partial charge in [-0.3, -0.25) is 9.36 Å². The minimum atomic E-state index is -1.08. The third-order valence-corrected chi connectivity index (χ3v) is 1.13. The monoisotopic (exact) mass is 169 g/mol. The number of nitrogens with zero attached hydrogens (tertiary/aromatic N) is 2. The molecule has 0 aliphatic carbocycles. The Kier molecular flexibility index (Phi) is 2.42. The van der Waals surface area contributed by atoms with Crippen molar-refractivity contribution >= 4 is 12.0 Å². The number of carbonyl (C=O) groups is 2. The average Bonchev–Trinajstić information content (AvgIpc) is 2.51. The highest BCUT2D eigenvalue weighted by Crippen LogP contribution is 1.83. The molecule has 0 spiro atoms. The van der Waals surface area contributed by atoms with Crippen molar-refractivity contribution in [1.29, 1.82) is 0 Å². The molecule has 0 atom stereocenters. The van der Waals surface area contributed by atoms with Gasteiger partial charge in [-0.15, -0.1) is 0 Å². The Morgan fingerprint density at radius 1 is 1.58 bits per heavy atom. The lowest BCUT2D eigenvalue weighted by molar-refractivity contribution is -0.135. The van der Waals surface area contributed by atoms with Gasteiger partial charge in [0.15, 0.2) is 0 Å². The predicted octanol–water partition coefficient (Wildman–Crippen LogP) is -0.475. The van der Waals surface area contributed by atoms with Crippen molar-refractivity contribution in [2.24, 2.45) is 0 Å². The van der Waals surface area contributed by atoms with E-state index in [2.05, 4.69) is 10.3 Å².